The Morgan fingerprint density at radius 3 is 2.96 bits per heavy atom. The van der Waals surface area contributed by atoms with Crippen LogP contribution in [-0.4, -0.2) is 33.5 Å². The normalized spacial score (nSPS) is 16.8. The van der Waals surface area contributed by atoms with E-state index in [-0.39, 0.29) is 6.04 Å². The van der Waals surface area contributed by atoms with Crippen molar-refractivity contribution in [1.82, 2.24) is 19.9 Å². The summed E-state index contributed by atoms with van der Waals surface area (Å²) in [4.78, 5) is 15.0. The van der Waals surface area contributed by atoms with E-state index >= 15 is 0 Å². The van der Waals surface area contributed by atoms with Crippen LogP contribution >= 0.6 is 0 Å². The van der Waals surface area contributed by atoms with Crippen LogP contribution < -0.4 is 4.74 Å². The molecule has 1 N–H and O–H groups in total. The Hall–Kier alpha value is -3.18. The molecule has 0 fully saturated rings. The number of nitrogens with zero attached hydrogens (tertiary/aromatic N) is 3. The number of hydrogen-bond donors (Lipinski definition) is 1. The summed E-state index contributed by atoms with van der Waals surface area (Å²) in [5.41, 5.74) is 5.86. The average Bonchev–Trinajstić information content (AvgIpc) is 3.23. The smallest absolute Gasteiger partial charge is 0.119 e. The lowest BCUT2D eigenvalue weighted by molar-refractivity contribution is 0.200. The zero-order valence-electron chi connectivity index (χ0n) is 15.8. The molecule has 0 radical (unpaired) electrons. The minimum Gasteiger partial charge on any atom is -0.497 e. The molecule has 0 unspecified atom stereocenters. The number of aromatic nitrogens is 3. The predicted molar refractivity (Wildman–Crippen MR) is 109 cm³/mol. The minimum absolute atomic E-state index is 0.0945. The molecule has 3 heterocycles. The van der Waals surface area contributed by atoms with Crippen LogP contribution in [0.1, 0.15) is 28.6 Å². The molecule has 5 rings (SSSR count). The summed E-state index contributed by atoms with van der Waals surface area (Å²) in [6, 6.07) is 18.9. The number of imidazole rings is 1. The van der Waals surface area contributed by atoms with Gasteiger partial charge in [0.2, 0.25) is 0 Å². The summed E-state index contributed by atoms with van der Waals surface area (Å²) in [6.45, 7) is 1.81. The molecule has 1 aliphatic heterocycles. The number of para-hydroxylation sites is 1. The van der Waals surface area contributed by atoms with E-state index in [1.165, 1.54) is 22.2 Å². The maximum atomic E-state index is 5.47. The third kappa shape index (κ3) is 2.94. The van der Waals surface area contributed by atoms with Crippen LogP contribution in [0, 0.1) is 0 Å². The Morgan fingerprint density at radius 1 is 1.11 bits per heavy atom. The van der Waals surface area contributed by atoms with Gasteiger partial charge in [-0.3, -0.25) is 9.88 Å². The molecule has 2 aromatic carbocycles. The van der Waals surface area contributed by atoms with Crippen molar-refractivity contribution in [3.05, 3.63) is 89.6 Å². The molecule has 4 aromatic rings. The molecular weight excluding hydrogens is 348 g/mol. The van der Waals surface area contributed by atoms with E-state index < -0.39 is 0 Å². The number of benzene rings is 2. The van der Waals surface area contributed by atoms with E-state index in [9.17, 15) is 0 Å². The Kier molecular flexibility index (Phi) is 4.29. The van der Waals surface area contributed by atoms with E-state index in [1.54, 1.807) is 7.11 Å². The predicted octanol–water partition coefficient (Wildman–Crippen LogP) is 4.11. The Balaban J connectivity index is 1.57. The van der Waals surface area contributed by atoms with Crippen molar-refractivity contribution in [2.24, 2.45) is 0 Å². The lowest BCUT2D eigenvalue weighted by atomic mass is 9.94. The van der Waals surface area contributed by atoms with Crippen LogP contribution in [0.4, 0.5) is 0 Å². The number of aromatic amines is 1. The topological polar surface area (TPSA) is 54.0 Å². The van der Waals surface area contributed by atoms with Gasteiger partial charge in [-0.15, -0.1) is 0 Å². The molecule has 5 nitrogen and oxygen atoms in total. The fraction of sp³-hybridized carbons (Fsp3) is 0.217. The number of fused-ring (bicyclic) bond motifs is 2. The van der Waals surface area contributed by atoms with Crippen molar-refractivity contribution in [2.45, 2.75) is 19.0 Å². The Morgan fingerprint density at radius 2 is 2.04 bits per heavy atom. The van der Waals surface area contributed by atoms with Crippen LogP contribution in [0.3, 0.4) is 0 Å². The lowest BCUT2D eigenvalue weighted by Gasteiger charge is -2.35. The molecule has 0 bridgehead atoms. The van der Waals surface area contributed by atoms with Crippen molar-refractivity contribution >= 4 is 10.9 Å². The standard InChI is InChI=1S/C23H22N4O/c1-28-18-6-4-5-16(13-18)23-22-21(25-15-26-22)10-12-27(23)14-17-9-11-24-20-8-3-2-7-19(17)20/h2-9,11,13,15,23H,10,12,14H2,1H3,(H,25,26)/t23-/m1/s1. The quantitative estimate of drug-likeness (QED) is 0.587. The molecule has 0 amide bonds. The Labute approximate surface area is 164 Å². The summed E-state index contributed by atoms with van der Waals surface area (Å²) in [6.07, 6.45) is 4.68. The summed E-state index contributed by atoms with van der Waals surface area (Å²) in [7, 11) is 1.71. The fourth-order valence-corrected chi connectivity index (χ4v) is 4.19. The van der Waals surface area contributed by atoms with Gasteiger partial charge in [0.1, 0.15) is 5.75 Å². The van der Waals surface area contributed by atoms with Crippen molar-refractivity contribution in [2.75, 3.05) is 13.7 Å². The van der Waals surface area contributed by atoms with Crippen molar-refractivity contribution in [3.63, 3.8) is 0 Å². The third-order valence-corrected chi connectivity index (χ3v) is 5.55. The summed E-state index contributed by atoms with van der Waals surface area (Å²) < 4.78 is 5.47. The molecule has 140 valence electrons. The number of pyridine rings is 1. The van der Waals surface area contributed by atoms with Crippen molar-refractivity contribution in [1.29, 1.82) is 0 Å². The SMILES string of the molecule is COc1cccc([C@@H]2c3nc[nH]c3CCN2Cc2ccnc3ccccc23)c1. The van der Waals surface area contributed by atoms with Gasteiger partial charge >= 0.3 is 0 Å². The van der Waals surface area contributed by atoms with Gasteiger partial charge in [0.25, 0.3) is 0 Å². The van der Waals surface area contributed by atoms with Crippen LogP contribution in [-0.2, 0) is 13.0 Å². The first-order chi connectivity index (χ1) is 13.8. The van der Waals surface area contributed by atoms with Gasteiger partial charge < -0.3 is 9.72 Å². The third-order valence-electron chi connectivity index (χ3n) is 5.55. The molecule has 0 saturated carbocycles. The van der Waals surface area contributed by atoms with E-state index in [0.29, 0.717) is 0 Å². The molecular formula is C23H22N4O. The average molecular weight is 370 g/mol. The maximum absolute atomic E-state index is 5.47. The van der Waals surface area contributed by atoms with Crippen LogP contribution in [0.5, 0.6) is 5.75 Å². The fourth-order valence-electron chi connectivity index (χ4n) is 4.19. The second-order valence-electron chi connectivity index (χ2n) is 7.15. The van der Waals surface area contributed by atoms with E-state index in [1.807, 2.05) is 24.7 Å². The highest BCUT2D eigenvalue weighted by Gasteiger charge is 2.31. The van der Waals surface area contributed by atoms with Gasteiger partial charge in [0.15, 0.2) is 0 Å². The Bertz CT molecular complexity index is 1120. The van der Waals surface area contributed by atoms with Gasteiger partial charge in [-0.1, -0.05) is 30.3 Å². The largest absolute Gasteiger partial charge is 0.497 e. The molecule has 1 aliphatic rings. The first-order valence-corrected chi connectivity index (χ1v) is 9.56. The van der Waals surface area contributed by atoms with Crippen LogP contribution in [0.25, 0.3) is 10.9 Å². The van der Waals surface area contributed by atoms with Gasteiger partial charge in [-0.05, 0) is 35.4 Å². The van der Waals surface area contributed by atoms with E-state index in [2.05, 4.69) is 62.3 Å². The highest BCUT2D eigenvalue weighted by molar-refractivity contribution is 5.81. The monoisotopic (exact) mass is 370 g/mol. The van der Waals surface area contributed by atoms with Crippen molar-refractivity contribution < 1.29 is 4.74 Å². The number of ether oxygens (including phenoxy) is 1. The molecule has 28 heavy (non-hydrogen) atoms. The molecule has 2 aromatic heterocycles. The van der Waals surface area contributed by atoms with Crippen molar-refractivity contribution in [3.8, 4) is 5.75 Å². The first-order valence-electron chi connectivity index (χ1n) is 9.56. The number of methoxy groups -OCH3 is 1. The summed E-state index contributed by atoms with van der Waals surface area (Å²) in [5, 5.41) is 1.21. The molecule has 0 aliphatic carbocycles. The van der Waals surface area contributed by atoms with Gasteiger partial charge in [0, 0.05) is 36.8 Å². The summed E-state index contributed by atoms with van der Waals surface area (Å²) >= 11 is 0. The number of H-pyrrole nitrogens is 1. The number of rotatable bonds is 4. The zero-order valence-corrected chi connectivity index (χ0v) is 15.8. The first kappa shape index (κ1) is 17.0. The van der Waals surface area contributed by atoms with Crippen LogP contribution in [0.2, 0.25) is 0 Å². The lowest BCUT2D eigenvalue weighted by Crippen LogP contribution is -2.35. The molecule has 0 saturated heterocycles. The molecule has 5 heteroatoms. The highest BCUT2D eigenvalue weighted by atomic mass is 16.5. The zero-order chi connectivity index (χ0) is 18.9. The maximum Gasteiger partial charge on any atom is 0.119 e. The highest BCUT2D eigenvalue weighted by Crippen LogP contribution is 2.36. The minimum atomic E-state index is 0.0945. The van der Waals surface area contributed by atoms with Gasteiger partial charge in [-0.25, -0.2) is 4.98 Å². The summed E-state index contributed by atoms with van der Waals surface area (Å²) in [5.74, 6) is 0.870. The van der Waals surface area contributed by atoms with Gasteiger partial charge in [-0.2, -0.15) is 0 Å². The number of hydrogen-bond acceptors (Lipinski definition) is 4. The van der Waals surface area contributed by atoms with Gasteiger partial charge in [0.05, 0.1) is 30.7 Å². The second kappa shape index (κ2) is 7.09. The molecule has 0 spiro atoms. The molecule has 1 atom stereocenters. The van der Waals surface area contributed by atoms with E-state index in [0.717, 1.165) is 36.5 Å². The van der Waals surface area contributed by atoms with Crippen LogP contribution in [0.15, 0.2) is 67.1 Å². The number of nitrogens with one attached hydrogen (secondary N) is 1. The second-order valence-corrected chi connectivity index (χ2v) is 7.15. The van der Waals surface area contributed by atoms with E-state index in [4.69, 9.17) is 4.74 Å².